The maximum Gasteiger partial charge on any atom is 0.319 e. The van der Waals surface area contributed by atoms with Gasteiger partial charge in [-0.25, -0.2) is 4.39 Å². The zero-order valence-corrected chi connectivity index (χ0v) is 22.0. The quantitative estimate of drug-likeness (QED) is 0.354. The van der Waals surface area contributed by atoms with E-state index in [1.807, 2.05) is 24.3 Å². The van der Waals surface area contributed by atoms with E-state index in [9.17, 15) is 9.50 Å². The number of alkyl halides is 1. The highest BCUT2D eigenvalue weighted by atomic mass is 19.1. The Morgan fingerprint density at radius 1 is 0.974 bits per heavy atom. The zero-order valence-electron chi connectivity index (χ0n) is 22.0. The second-order valence-electron chi connectivity index (χ2n) is 11.2. The van der Waals surface area contributed by atoms with Gasteiger partial charge in [-0.3, -0.25) is 4.90 Å². The van der Waals surface area contributed by atoms with Gasteiger partial charge < -0.3 is 20.1 Å². The van der Waals surface area contributed by atoms with Crippen LogP contribution in [-0.2, 0) is 0 Å². The topological polar surface area (TPSA) is 73.8 Å². The van der Waals surface area contributed by atoms with Gasteiger partial charge in [-0.15, -0.1) is 0 Å². The molecular formula is C31H34FN5O2. The summed E-state index contributed by atoms with van der Waals surface area (Å²) >= 11 is 0. The van der Waals surface area contributed by atoms with E-state index in [0.717, 1.165) is 71.1 Å². The summed E-state index contributed by atoms with van der Waals surface area (Å²) in [5, 5.41) is 17.2. The lowest BCUT2D eigenvalue weighted by Gasteiger charge is -2.34. The fourth-order valence-electron chi connectivity index (χ4n) is 6.73. The van der Waals surface area contributed by atoms with Crippen LogP contribution in [0.2, 0.25) is 0 Å². The van der Waals surface area contributed by atoms with Crippen LogP contribution in [0.25, 0.3) is 32.8 Å². The highest BCUT2D eigenvalue weighted by Crippen LogP contribution is 2.37. The molecule has 0 spiro atoms. The maximum absolute atomic E-state index is 13.0. The minimum Gasteiger partial charge on any atom is -0.508 e. The number of ether oxygens (including phenoxy) is 1. The molecule has 2 bridgehead atoms. The Hall–Kier alpha value is -3.49. The summed E-state index contributed by atoms with van der Waals surface area (Å²) in [5.74, 6) is 1.15. The van der Waals surface area contributed by atoms with Crippen molar-refractivity contribution in [3.63, 3.8) is 0 Å². The van der Waals surface area contributed by atoms with Gasteiger partial charge in [0.25, 0.3) is 0 Å². The summed E-state index contributed by atoms with van der Waals surface area (Å²) in [6.07, 6.45) is 4.43. The van der Waals surface area contributed by atoms with Gasteiger partial charge in [0.2, 0.25) is 0 Å². The summed E-state index contributed by atoms with van der Waals surface area (Å²) in [4.78, 5) is 14.4. The smallest absolute Gasteiger partial charge is 0.319 e. The highest BCUT2D eigenvalue weighted by molar-refractivity contribution is 6.00. The standard InChI is InChI=1S/C31H34FN5O2/c32-11-13-36-12-3-5-24(36)19-39-31-34-29-15-21(28-16-25(38)14-20-4-1-2-6-26(20)28)7-10-27(29)30(35-31)37-17-22-8-9-23(18-37)33-22/h1-2,4,6-7,10,14-16,22-24,33,38H,3,5,8-9,11-13,17-19H2/t22-,23+,24-/m0/s1. The number of likely N-dealkylation sites (tertiary alicyclic amines) is 1. The van der Waals surface area contributed by atoms with E-state index in [0.29, 0.717) is 31.2 Å². The predicted octanol–water partition coefficient (Wildman–Crippen LogP) is 4.91. The van der Waals surface area contributed by atoms with Crippen molar-refractivity contribution in [2.24, 2.45) is 0 Å². The molecule has 0 aliphatic carbocycles. The van der Waals surface area contributed by atoms with Crippen LogP contribution in [0.1, 0.15) is 25.7 Å². The number of fused-ring (bicyclic) bond motifs is 4. The van der Waals surface area contributed by atoms with E-state index in [2.05, 4.69) is 39.4 Å². The predicted molar refractivity (Wildman–Crippen MR) is 152 cm³/mol. The van der Waals surface area contributed by atoms with Crippen LogP contribution in [-0.4, -0.2) is 77.6 Å². The molecule has 3 aliphatic heterocycles. The summed E-state index contributed by atoms with van der Waals surface area (Å²) in [6, 6.07) is 19.5. The number of halogens is 1. The molecule has 7 rings (SSSR count). The summed E-state index contributed by atoms with van der Waals surface area (Å²) in [7, 11) is 0. The van der Waals surface area contributed by atoms with E-state index >= 15 is 0 Å². The third-order valence-electron chi connectivity index (χ3n) is 8.61. The lowest BCUT2D eigenvalue weighted by atomic mass is 9.97. The van der Waals surface area contributed by atoms with Crippen LogP contribution in [0.3, 0.4) is 0 Å². The van der Waals surface area contributed by atoms with E-state index in [-0.39, 0.29) is 18.5 Å². The molecule has 3 atom stereocenters. The fraction of sp³-hybridized carbons (Fsp3) is 0.419. The van der Waals surface area contributed by atoms with Crippen LogP contribution < -0.4 is 15.0 Å². The van der Waals surface area contributed by atoms with Crippen LogP contribution in [0.5, 0.6) is 11.8 Å². The minimum absolute atomic E-state index is 0.184. The van der Waals surface area contributed by atoms with Crippen LogP contribution >= 0.6 is 0 Å². The van der Waals surface area contributed by atoms with Crippen molar-refractivity contribution in [2.45, 2.75) is 43.8 Å². The number of aromatic nitrogens is 2. The number of phenolic OH excluding ortho intramolecular Hbond substituents is 1. The molecule has 39 heavy (non-hydrogen) atoms. The van der Waals surface area contributed by atoms with Crippen molar-refractivity contribution in [2.75, 3.05) is 44.4 Å². The molecule has 8 heteroatoms. The molecule has 0 saturated carbocycles. The Morgan fingerprint density at radius 2 is 1.82 bits per heavy atom. The van der Waals surface area contributed by atoms with E-state index in [1.54, 1.807) is 6.07 Å². The molecular weight excluding hydrogens is 493 g/mol. The number of phenols is 1. The summed E-state index contributed by atoms with van der Waals surface area (Å²) in [6.45, 7) is 3.29. The second kappa shape index (κ2) is 10.2. The lowest BCUT2D eigenvalue weighted by Crippen LogP contribution is -2.51. The van der Waals surface area contributed by atoms with Gasteiger partial charge in [-0.2, -0.15) is 9.97 Å². The normalized spacial score (nSPS) is 23.2. The van der Waals surface area contributed by atoms with Crippen LogP contribution in [0, 0.1) is 0 Å². The van der Waals surface area contributed by atoms with Crippen molar-refractivity contribution >= 4 is 27.5 Å². The fourth-order valence-corrected chi connectivity index (χ4v) is 6.73. The zero-order chi connectivity index (χ0) is 26.3. The number of anilines is 1. The van der Waals surface area contributed by atoms with Crippen molar-refractivity contribution in [3.8, 4) is 22.9 Å². The molecule has 202 valence electrons. The molecule has 7 nitrogen and oxygen atoms in total. The van der Waals surface area contributed by atoms with Crippen molar-refractivity contribution in [1.29, 1.82) is 0 Å². The summed E-state index contributed by atoms with van der Waals surface area (Å²) in [5.41, 5.74) is 2.76. The molecule has 3 fully saturated rings. The molecule has 0 unspecified atom stereocenters. The first-order chi connectivity index (χ1) is 19.1. The Kier molecular flexibility index (Phi) is 6.45. The molecule has 3 aliphatic rings. The van der Waals surface area contributed by atoms with E-state index in [4.69, 9.17) is 14.7 Å². The lowest BCUT2D eigenvalue weighted by molar-refractivity contribution is 0.157. The minimum atomic E-state index is -0.342. The van der Waals surface area contributed by atoms with E-state index in [1.165, 1.54) is 12.8 Å². The number of hydrogen-bond acceptors (Lipinski definition) is 7. The largest absolute Gasteiger partial charge is 0.508 e. The van der Waals surface area contributed by atoms with Gasteiger partial charge in [0.1, 0.15) is 24.8 Å². The molecule has 0 radical (unpaired) electrons. The Labute approximate surface area is 227 Å². The first-order valence-electron chi connectivity index (χ1n) is 14.1. The first-order valence-corrected chi connectivity index (χ1v) is 14.1. The number of benzene rings is 3. The monoisotopic (exact) mass is 527 g/mol. The average Bonchev–Trinajstić information content (AvgIpc) is 3.55. The Bertz CT molecular complexity index is 1500. The van der Waals surface area contributed by atoms with Crippen LogP contribution in [0.4, 0.5) is 10.2 Å². The third-order valence-corrected chi connectivity index (χ3v) is 8.61. The molecule has 2 N–H and O–H groups in total. The molecule has 3 saturated heterocycles. The molecule has 0 amide bonds. The molecule has 3 aromatic carbocycles. The van der Waals surface area contributed by atoms with Gasteiger partial charge in [0.05, 0.1) is 5.52 Å². The molecule has 4 heterocycles. The first kappa shape index (κ1) is 24.5. The number of rotatable bonds is 7. The van der Waals surface area contributed by atoms with Crippen LogP contribution in [0.15, 0.2) is 54.6 Å². The third kappa shape index (κ3) is 4.76. The van der Waals surface area contributed by atoms with Gasteiger partial charge in [0.15, 0.2) is 0 Å². The van der Waals surface area contributed by atoms with Gasteiger partial charge in [-0.1, -0.05) is 30.3 Å². The Morgan fingerprint density at radius 3 is 2.67 bits per heavy atom. The summed E-state index contributed by atoms with van der Waals surface area (Å²) < 4.78 is 19.3. The van der Waals surface area contributed by atoms with Crippen molar-refractivity contribution < 1.29 is 14.2 Å². The number of hydrogen-bond donors (Lipinski definition) is 2. The molecule has 4 aromatic rings. The second-order valence-corrected chi connectivity index (χ2v) is 11.2. The molecule has 1 aromatic heterocycles. The number of piperazine rings is 1. The SMILES string of the molecule is Oc1cc(-c2ccc3c(N4C[C@H]5CC[C@@H](C4)N5)nc(OC[C@@H]4CCCN4CCF)nc3c2)c2ccccc2c1. The van der Waals surface area contributed by atoms with Gasteiger partial charge >= 0.3 is 6.01 Å². The van der Waals surface area contributed by atoms with Crippen molar-refractivity contribution in [3.05, 3.63) is 54.6 Å². The van der Waals surface area contributed by atoms with Crippen molar-refractivity contribution in [1.82, 2.24) is 20.2 Å². The maximum atomic E-state index is 13.0. The van der Waals surface area contributed by atoms with Gasteiger partial charge in [-0.05, 0) is 78.4 Å². The number of aromatic hydroxyl groups is 1. The Balaban J connectivity index is 1.29. The highest BCUT2D eigenvalue weighted by Gasteiger charge is 2.34. The number of nitrogens with zero attached hydrogens (tertiary/aromatic N) is 4. The number of nitrogens with one attached hydrogen (secondary N) is 1. The van der Waals surface area contributed by atoms with E-state index < -0.39 is 0 Å². The van der Waals surface area contributed by atoms with Gasteiger partial charge in [0, 0.05) is 43.1 Å². The average molecular weight is 528 g/mol.